The van der Waals surface area contributed by atoms with Crippen LogP contribution in [0.25, 0.3) is 17.3 Å². The van der Waals surface area contributed by atoms with Crippen LogP contribution in [0.2, 0.25) is 5.02 Å². The highest BCUT2D eigenvalue weighted by atomic mass is 35.5. The highest BCUT2D eigenvalue weighted by molar-refractivity contribution is 7.98. The molecule has 8 heteroatoms. The van der Waals surface area contributed by atoms with Crippen molar-refractivity contribution in [2.24, 2.45) is 0 Å². The quantitative estimate of drug-likeness (QED) is 0.398. The van der Waals surface area contributed by atoms with Crippen LogP contribution in [0.4, 0.5) is 8.78 Å². The zero-order valence-corrected chi connectivity index (χ0v) is 15.3. The van der Waals surface area contributed by atoms with Gasteiger partial charge in [0.25, 0.3) is 0 Å². The third-order valence-corrected chi connectivity index (χ3v) is 4.97. The summed E-state index contributed by atoms with van der Waals surface area (Å²) in [5, 5.41) is 9.56. The number of hydrogen-bond donors (Lipinski definition) is 0. The normalized spacial score (nSPS) is 11.1. The Hall–Kier alpha value is -2.64. The second kappa shape index (κ2) is 7.54. The van der Waals surface area contributed by atoms with Crippen molar-refractivity contribution in [3.05, 3.63) is 83.1 Å². The number of aromatic nitrogens is 3. The summed E-state index contributed by atoms with van der Waals surface area (Å²) >= 11 is 7.44. The maximum absolute atomic E-state index is 13.4. The lowest BCUT2D eigenvalue weighted by Gasteiger charge is -2.09. The van der Waals surface area contributed by atoms with Crippen molar-refractivity contribution >= 4 is 23.4 Å². The third kappa shape index (κ3) is 3.89. The van der Waals surface area contributed by atoms with Crippen LogP contribution < -0.4 is 0 Å². The summed E-state index contributed by atoms with van der Waals surface area (Å²) in [6.07, 6.45) is 1.55. The Morgan fingerprint density at radius 3 is 2.52 bits per heavy atom. The minimum atomic E-state index is -0.613. The van der Waals surface area contributed by atoms with Gasteiger partial charge in [-0.15, -0.1) is 10.2 Å². The van der Waals surface area contributed by atoms with Crippen LogP contribution in [0.3, 0.4) is 0 Å². The van der Waals surface area contributed by atoms with E-state index in [9.17, 15) is 8.78 Å². The van der Waals surface area contributed by atoms with Gasteiger partial charge < -0.3 is 4.42 Å². The molecule has 0 fully saturated rings. The van der Waals surface area contributed by atoms with E-state index in [0.717, 1.165) is 11.8 Å². The Balaban J connectivity index is 1.72. The molecule has 4 rings (SSSR count). The molecule has 2 aromatic carbocycles. The monoisotopic (exact) mass is 403 g/mol. The van der Waals surface area contributed by atoms with Gasteiger partial charge in [0.1, 0.15) is 11.6 Å². The first-order valence-electron chi connectivity index (χ1n) is 7.93. The van der Waals surface area contributed by atoms with E-state index in [-0.39, 0.29) is 0 Å². The molecular formula is C19H12ClF2N3OS. The van der Waals surface area contributed by atoms with Gasteiger partial charge in [0.05, 0.1) is 12.0 Å². The number of nitrogens with zero attached hydrogens (tertiary/aromatic N) is 3. The van der Waals surface area contributed by atoms with Gasteiger partial charge in [0.2, 0.25) is 5.82 Å². The Kier molecular flexibility index (Phi) is 4.96. The van der Waals surface area contributed by atoms with Gasteiger partial charge in [-0.25, -0.2) is 8.78 Å². The van der Waals surface area contributed by atoms with E-state index < -0.39 is 11.6 Å². The summed E-state index contributed by atoms with van der Waals surface area (Å²) in [7, 11) is 0. The van der Waals surface area contributed by atoms with Crippen molar-refractivity contribution < 1.29 is 13.2 Å². The molecule has 0 amide bonds. The molecule has 0 bridgehead atoms. The van der Waals surface area contributed by atoms with Crippen LogP contribution in [0.1, 0.15) is 5.56 Å². The first kappa shape index (κ1) is 17.8. The zero-order chi connectivity index (χ0) is 18.8. The van der Waals surface area contributed by atoms with Crippen molar-refractivity contribution in [3.63, 3.8) is 0 Å². The molecule has 4 aromatic rings. The van der Waals surface area contributed by atoms with Crippen molar-refractivity contribution in [1.82, 2.24) is 14.8 Å². The first-order chi connectivity index (χ1) is 13.1. The average molecular weight is 404 g/mol. The predicted octanol–water partition coefficient (Wildman–Crippen LogP) is 5.75. The Bertz CT molecular complexity index is 1060. The standard InChI is InChI=1S/C19H12ClF2N3OS/c20-13-3-1-4-16(9-13)25-18(17-5-2-6-26-17)23-24-19(25)27-11-12-7-14(21)10-15(22)8-12/h1-10H,11H2. The highest BCUT2D eigenvalue weighted by Crippen LogP contribution is 2.31. The lowest BCUT2D eigenvalue weighted by atomic mass is 10.2. The molecule has 0 aliphatic rings. The van der Waals surface area contributed by atoms with Crippen molar-refractivity contribution in [3.8, 4) is 17.3 Å². The van der Waals surface area contributed by atoms with Gasteiger partial charge in [-0.1, -0.05) is 29.4 Å². The summed E-state index contributed by atoms with van der Waals surface area (Å²) in [4.78, 5) is 0. The number of thioether (sulfide) groups is 1. The second-order valence-electron chi connectivity index (χ2n) is 5.67. The second-order valence-corrected chi connectivity index (χ2v) is 7.04. The SMILES string of the molecule is Fc1cc(F)cc(CSc2nnc(-c3ccco3)n2-c2cccc(Cl)c2)c1. The molecule has 2 heterocycles. The van der Waals surface area contributed by atoms with Crippen LogP contribution >= 0.6 is 23.4 Å². The molecular weight excluding hydrogens is 392 g/mol. The molecule has 0 saturated heterocycles. The van der Waals surface area contributed by atoms with Gasteiger partial charge in [0, 0.05) is 16.8 Å². The van der Waals surface area contributed by atoms with E-state index in [1.165, 1.54) is 23.9 Å². The maximum atomic E-state index is 13.4. The lowest BCUT2D eigenvalue weighted by Crippen LogP contribution is -1.99. The van der Waals surface area contributed by atoms with E-state index >= 15 is 0 Å². The summed E-state index contributed by atoms with van der Waals surface area (Å²) in [5.41, 5.74) is 1.27. The minimum Gasteiger partial charge on any atom is -0.461 e. The van der Waals surface area contributed by atoms with Crippen LogP contribution in [-0.2, 0) is 5.75 Å². The van der Waals surface area contributed by atoms with E-state index in [1.54, 1.807) is 35.1 Å². The molecule has 0 atom stereocenters. The summed E-state index contributed by atoms with van der Waals surface area (Å²) < 4.78 is 34.1. The third-order valence-electron chi connectivity index (χ3n) is 3.73. The largest absolute Gasteiger partial charge is 0.461 e. The lowest BCUT2D eigenvalue weighted by molar-refractivity contribution is 0.575. The number of halogens is 3. The fraction of sp³-hybridized carbons (Fsp3) is 0.0526. The number of furan rings is 1. The van der Waals surface area contributed by atoms with Gasteiger partial charge >= 0.3 is 0 Å². The van der Waals surface area contributed by atoms with Gasteiger partial charge in [-0.3, -0.25) is 4.57 Å². The summed E-state index contributed by atoms with van der Waals surface area (Å²) in [6.45, 7) is 0. The van der Waals surface area contributed by atoms with E-state index in [0.29, 0.717) is 33.1 Å². The molecule has 0 saturated carbocycles. The fourth-order valence-electron chi connectivity index (χ4n) is 2.62. The van der Waals surface area contributed by atoms with Gasteiger partial charge in [-0.2, -0.15) is 0 Å². The molecule has 27 heavy (non-hydrogen) atoms. The van der Waals surface area contributed by atoms with Crippen LogP contribution in [0, 0.1) is 11.6 Å². The molecule has 0 aliphatic heterocycles. The average Bonchev–Trinajstić information content (AvgIpc) is 3.28. The van der Waals surface area contributed by atoms with E-state index in [4.69, 9.17) is 16.0 Å². The molecule has 0 radical (unpaired) electrons. The minimum absolute atomic E-state index is 0.325. The smallest absolute Gasteiger partial charge is 0.205 e. The molecule has 0 N–H and O–H groups in total. The molecule has 4 nitrogen and oxygen atoms in total. The topological polar surface area (TPSA) is 43.9 Å². The Morgan fingerprint density at radius 2 is 1.81 bits per heavy atom. The molecule has 0 unspecified atom stereocenters. The molecule has 0 spiro atoms. The summed E-state index contributed by atoms with van der Waals surface area (Å²) in [5.74, 6) is 0.156. The Labute approximate surface area is 162 Å². The van der Waals surface area contributed by atoms with Gasteiger partial charge in [0.15, 0.2) is 10.9 Å². The van der Waals surface area contributed by atoms with Crippen LogP contribution in [0.5, 0.6) is 0 Å². The highest BCUT2D eigenvalue weighted by Gasteiger charge is 2.18. The molecule has 0 aliphatic carbocycles. The maximum Gasteiger partial charge on any atom is 0.205 e. The zero-order valence-electron chi connectivity index (χ0n) is 13.8. The van der Waals surface area contributed by atoms with Crippen molar-refractivity contribution in [2.45, 2.75) is 10.9 Å². The fourth-order valence-corrected chi connectivity index (χ4v) is 3.69. The van der Waals surface area contributed by atoms with Crippen molar-refractivity contribution in [1.29, 1.82) is 0 Å². The van der Waals surface area contributed by atoms with E-state index in [2.05, 4.69) is 10.2 Å². The first-order valence-corrected chi connectivity index (χ1v) is 9.29. The van der Waals surface area contributed by atoms with Gasteiger partial charge in [-0.05, 0) is 48.0 Å². The number of rotatable bonds is 5. The predicted molar refractivity (Wildman–Crippen MR) is 100.0 cm³/mol. The number of benzene rings is 2. The summed E-state index contributed by atoms with van der Waals surface area (Å²) in [6, 6.07) is 14.2. The van der Waals surface area contributed by atoms with Crippen LogP contribution in [0.15, 0.2) is 70.4 Å². The Morgan fingerprint density at radius 1 is 1.00 bits per heavy atom. The molecule has 136 valence electrons. The van der Waals surface area contributed by atoms with E-state index in [1.807, 2.05) is 12.1 Å². The van der Waals surface area contributed by atoms with Crippen molar-refractivity contribution in [2.75, 3.05) is 0 Å². The van der Waals surface area contributed by atoms with Crippen LogP contribution in [-0.4, -0.2) is 14.8 Å². The number of hydrogen-bond acceptors (Lipinski definition) is 4. The molecule has 2 aromatic heterocycles.